The molecular weight excluding hydrogens is 462 g/mol. The van der Waals surface area contributed by atoms with Crippen LogP contribution < -0.4 is 25.1 Å². The van der Waals surface area contributed by atoms with Gasteiger partial charge in [0.25, 0.3) is 5.56 Å². The summed E-state index contributed by atoms with van der Waals surface area (Å²) in [6, 6.07) is 23.1. The maximum atomic E-state index is 13.0. The molecule has 0 amide bonds. The summed E-state index contributed by atoms with van der Waals surface area (Å²) in [4.78, 5) is 17.9. The van der Waals surface area contributed by atoms with Gasteiger partial charge in [-0.3, -0.25) is 4.79 Å². The number of para-hydroxylation sites is 1. The van der Waals surface area contributed by atoms with Crippen molar-refractivity contribution in [2.45, 2.75) is 20.0 Å². The molecule has 0 atom stereocenters. The third kappa shape index (κ3) is 5.22. The van der Waals surface area contributed by atoms with E-state index >= 15 is 0 Å². The summed E-state index contributed by atoms with van der Waals surface area (Å²) in [5, 5.41) is 4.70. The fraction of sp³-hybridized carbons (Fsp3) is 0.185. The van der Waals surface area contributed by atoms with E-state index < -0.39 is 0 Å². The maximum Gasteiger partial charge on any atom is 0.253 e. The molecule has 4 aromatic rings. The van der Waals surface area contributed by atoms with E-state index in [1.54, 1.807) is 0 Å². The quantitative estimate of drug-likeness (QED) is 0.353. The monoisotopic (exact) mass is 487 g/mol. The summed E-state index contributed by atoms with van der Waals surface area (Å²) in [7, 11) is 0. The molecule has 8 heteroatoms. The fourth-order valence-electron chi connectivity index (χ4n) is 3.99. The Morgan fingerprint density at radius 3 is 2.69 bits per heavy atom. The number of aromatic nitrogens is 1. The number of nitrogens with one attached hydrogen (secondary N) is 2. The van der Waals surface area contributed by atoms with E-state index in [0.29, 0.717) is 36.1 Å². The van der Waals surface area contributed by atoms with Crippen LogP contribution in [0, 0.1) is 0 Å². The summed E-state index contributed by atoms with van der Waals surface area (Å²) in [5.41, 5.74) is 3.07. The highest BCUT2D eigenvalue weighted by Gasteiger charge is 2.18. The number of aromatic amines is 1. The van der Waals surface area contributed by atoms with Crippen LogP contribution >= 0.6 is 12.2 Å². The third-order valence-electron chi connectivity index (χ3n) is 5.69. The van der Waals surface area contributed by atoms with Crippen molar-refractivity contribution < 1.29 is 14.2 Å². The van der Waals surface area contributed by atoms with Crippen molar-refractivity contribution in [1.82, 2.24) is 9.88 Å². The van der Waals surface area contributed by atoms with Crippen LogP contribution in [0.2, 0.25) is 0 Å². The van der Waals surface area contributed by atoms with Gasteiger partial charge in [0, 0.05) is 28.7 Å². The number of pyridine rings is 1. The Hall–Kier alpha value is -4.04. The molecule has 2 N–H and O–H groups in total. The lowest BCUT2D eigenvalue weighted by Crippen LogP contribution is -2.35. The summed E-state index contributed by atoms with van der Waals surface area (Å²) >= 11 is 5.78. The van der Waals surface area contributed by atoms with Gasteiger partial charge in [0.1, 0.15) is 5.75 Å². The van der Waals surface area contributed by atoms with Crippen molar-refractivity contribution in [3.63, 3.8) is 0 Å². The minimum absolute atomic E-state index is 0.153. The van der Waals surface area contributed by atoms with E-state index in [-0.39, 0.29) is 12.4 Å². The first-order chi connectivity index (χ1) is 17.1. The molecule has 0 unspecified atom stereocenters. The van der Waals surface area contributed by atoms with Gasteiger partial charge in [-0.1, -0.05) is 24.3 Å². The highest BCUT2D eigenvalue weighted by Crippen LogP contribution is 2.33. The van der Waals surface area contributed by atoms with Crippen LogP contribution in [-0.4, -0.2) is 28.4 Å². The summed E-state index contributed by atoms with van der Waals surface area (Å²) in [6.45, 7) is 3.53. The lowest BCUT2D eigenvalue weighted by atomic mass is 10.1. The number of thiocarbonyl (C=S) groups is 1. The predicted molar refractivity (Wildman–Crippen MR) is 140 cm³/mol. The van der Waals surface area contributed by atoms with Crippen molar-refractivity contribution in [2.24, 2.45) is 0 Å². The zero-order valence-corrected chi connectivity index (χ0v) is 20.1. The van der Waals surface area contributed by atoms with Crippen molar-refractivity contribution in [3.8, 4) is 17.2 Å². The van der Waals surface area contributed by atoms with Crippen LogP contribution in [0.4, 0.5) is 5.69 Å². The van der Waals surface area contributed by atoms with Gasteiger partial charge in [-0.15, -0.1) is 0 Å². The minimum Gasteiger partial charge on any atom is -0.494 e. The van der Waals surface area contributed by atoms with Crippen LogP contribution in [0.1, 0.15) is 18.1 Å². The fourth-order valence-corrected chi connectivity index (χ4v) is 4.24. The lowest BCUT2D eigenvalue weighted by molar-refractivity contribution is 0.174. The third-order valence-corrected chi connectivity index (χ3v) is 6.05. The number of nitrogens with zero attached hydrogens (tertiary/aromatic N) is 1. The predicted octanol–water partition coefficient (Wildman–Crippen LogP) is 5.05. The first-order valence-electron chi connectivity index (χ1n) is 11.4. The molecule has 1 aliphatic heterocycles. The second-order valence-corrected chi connectivity index (χ2v) is 8.53. The van der Waals surface area contributed by atoms with Crippen molar-refractivity contribution in [1.29, 1.82) is 0 Å². The normalized spacial score (nSPS) is 11.9. The van der Waals surface area contributed by atoms with Crippen LogP contribution in [0.15, 0.2) is 77.6 Å². The Balaban J connectivity index is 1.46. The van der Waals surface area contributed by atoms with E-state index in [0.717, 1.165) is 33.7 Å². The van der Waals surface area contributed by atoms with E-state index in [1.807, 2.05) is 84.6 Å². The SMILES string of the molecule is CCOc1ccc2[nH]c(=O)c(CN(Cc3ccc4c(c3)OCO4)C(=S)Nc3ccccc3)cc2c1. The van der Waals surface area contributed by atoms with Crippen molar-refractivity contribution in [2.75, 3.05) is 18.7 Å². The second-order valence-electron chi connectivity index (χ2n) is 8.15. The molecule has 35 heavy (non-hydrogen) atoms. The van der Waals surface area contributed by atoms with Gasteiger partial charge in [-0.05, 0) is 73.2 Å². The Bertz CT molecular complexity index is 1420. The molecular formula is C27H25N3O4S. The highest BCUT2D eigenvalue weighted by molar-refractivity contribution is 7.80. The zero-order chi connectivity index (χ0) is 24.2. The van der Waals surface area contributed by atoms with Crippen LogP contribution in [0.3, 0.4) is 0 Å². The average Bonchev–Trinajstić information content (AvgIpc) is 3.33. The number of hydrogen-bond donors (Lipinski definition) is 2. The van der Waals surface area contributed by atoms with E-state index in [4.69, 9.17) is 26.4 Å². The topological polar surface area (TPSA) is 75.8 Å². The second kappa shape index (κ2) is 10.1. The molecule has 5 rings (SSSR count). The molecule has 0 saturated heterocycles. The minimum atomic E-state index is -0.153. The molecule has 3 aromatic carbocycles. The molecule has 1 aliphatic rings. The van der Waals surface area contributed by atoms with Gasteiger partial charge in [-0.2, -0.15) is 0 Å². The van der Waals surface area contributed by atoms with Crippen LogP contribution in [0.25, 0.3) is 10.9 Å². The molecule has 0 aliphatic carbocycles. The van der Waals surface area contributed by atoms with Gasteiger partial charge < -0.3 is 29.4 Å². The number of anilines is 1. The molecule has 0 spiro atoms. The number of ether oxygens (including phenoxy) is 3. The van der Waals surface area contributed by atoms with Gasteiger partial charge in [-0.25, -0.2) is 0 Å². The molecule has 2 heterocycles. The van der Waals surface area contributed by atoms with E-state index in [2.05, 4.69) is 10.3 Å². The van der Waals surface area contributed by atoms with Crippen molar-refractivity contribution in [3.05, 3.63) is 94.3 Å². The Kier molecular flexibility index (Phi) is 6.54. The maximum absolute atomic E-state index is 13.0. The summed E-state index contributed by atoms with van der Waals surface area (Å²) in [5.74, 6) is 2.19. The molecule has 0 bridgehead atoms. The Morgan fingerprint density at radius 1 is 1.03 bits per heavy atom. The van der Waals surface area contributed by atoms with Gasteiger partial charge in [0.15, 0.2) is 16.6 Å². The number of benzene rings is 3. The molecule has 1 aromatic heterocycles. The smallest absolute Gasteiger partial charge is 0.253 e. The summed E-state index contributed by atoms with van der Waals surface area (Å²) in [6.07, 6.45) is 0. The number of H-pyrrole nitrogens is 1. The van der Waals surface area contributed by atoms with E-state index in [9.17, 15) is 4.79 Å². The first kappa shape index (κ1) is 22.7. The van der Waals surface area contributed by atoms with Gasteiger partial charge in [0.05, 0.1) is 13.2 Å². The van der Waals surface area contributed by atoms with Gasteiger partial charge >= 0.3 is 0 Å². The number of fused-ring (bicyclic) bond motifs is 2. The largest absolute Gasteiger partial charge is 0.494 e. The first-order valence-corrected chi connectivity index (χ1v) is 11.8. The van der Waals surface area contributed by atoms with Crippen molar-refractivity contribution >= 4 is 33.9 Å². The average molecular weight is 488 g/mol. The molecule has 0 fully saturated rings. The number of hydrogen-bond acceptors (Lipinski definition) is 5. The Morgan fingerprint density at radius 2 is 1.86 bits per heavy atom. The Labute approximate surface area is 208 Å². The van der Waals surface area contributed by atoms with Crippen LogP contribution in [0.5, 0.6) is 17.2 Å². The molecule has 178 valence electrons. The highest BCUT2D eigenvalue weighted by atomic mass is 32.1. The lowest BCUT2D eigenvalue weighted by Gasteiger charge is -2.26. The standard InChI is InChI=1S/C27H25N3O4S/c1-2-32-22-9-10-23-19(14-22)13-20(26(31)29-23)16-30(27(35)28-21-6-4-3-5-7-21)15-18-8-11-24-25(12-18)34-17-33-24/h3-14H,2,15-17H2,1H3,(H,28,35)(H,29,31). The molecule has 0 saturated carbocycles. The van der Waals surface area contributed by atoms with Gasteiger partial charge in [0.2, 0.25) is 6.79 Å². The molecule has 0 radical (unpaired) electrons. The molecule has 7 nitrogen and oxygen atoms in total. The van der Waals surface area contributed by atoms with Crippen LogP contribution in [-0.2, 0) is 13.1 Å². The van der Waals surface area contributed by atoms with E-state index in [1.165, 1.54) is 0 Å². The summed E-state index contributed by atoms with van der Waals surface area (Å²) < 4.78 is 16.6. The zero-order valence-electron chi connectivity index (χ0n) is 19.2. The number of rotatable bonds is 7.